The Morgan fingerprint density at radius 3 is 1.58 bits per heavy atom. The van der Waals surface area contributed by atoms with Crippen molar-refractivity contribution in [3.05, 3.63) is 47.5 Å². The molecule has 0 heterocycles. The number of aliphatic hydroxyl groups is 1. The number of methoxy groups -OCH3 is 2. The number of aliphatic hydroxyl groups excluding tert-OH is 1. The van der Waals surface area contributed by atoms with Crippen molar-refractivity contribution in [1.82, 2.24) is 0 Å². The van der Waals surface area contributed by atoms with E-state index in [0.717, 1.165) is 0 Å². The molecule has 0 aliphatic heterocycles. The van der Waals surface area contributed by atoms with Crippen molar-refractivity contribution < 1.29 is 43.9 Å². The van der Waals surface area contributed by atoms with Crippen LogP contribution in [0.3, 0.4) is 0 Å². The molecule has 3 N–H and O–H groups in total. The zero-order valence-corrected chi connectivity index (χ0v) is 17.6. The van der Waals surface area contributed by atoms with Gasteiger partial charge in [-0.3, -0.25) is 0 Å². The van der Waals surface area contributed by atoms with Gasteiger partial charge >= 0.3 is 11.9 Å². The second kappa shape index (κ2) is 10.5. The highest BCUT2D eigenvalue weighted by Gasteiger charge is 2.32. The maximum absolute atomic E-state index is 12.4. The first-order valence-electron chi connectivity index (χ1n) is 9.48. The van der Waals surface area contributed by atoms with Crippen LogP contribution in [0.4, 0.5) is 0 Å². The van der Waals surface area contributed by atoms with Gasteiger partial charge in [-0.2, -0.15) is 0 Å². The minimum absolute atomic E-state index is 0.116. The lowest BCUT2D eigenvalue weighted by atomic mass is 9.88. The molecular formula is C22H26O9. The van der Waals surface area contributed by atoms with E-state index in [1.165, 1.54) is 50.6 Å². The zero-order valence-electron chi connectivity index (χ0n) is 17.6. The van der Waals surface area contributed by atoms with Crippen molar-refractivity contribution in [1.29, 1.82) is 0 Å². The van der Waals surface area contributed by atoms with E-state index >= 15 is 0 Å². The number of aromatic hydroxyl groups is 2. The van der Waals surface area contributed by atoms with E-state index in [-0.39, 0.29) is 53.9 Å². The van der Waals surface area contributed by atoms with Crippen molar-refractivity contribution in [2.45, 2.75) is 13.3 Å². The normalized spacial score (nSPS) is 11.0. The van der Waals surface area contributed by atoms with E-state index in [1.807, 2.05) is 0 Å². The van der Waals surface area contributed by atoms with E-state index in [1.54, 1.807) is 6.92 Å². The Hall–Kier alpha value is -3.46. The van der Waals surface area contributed by atoms with E-state index < -0.39 is 17.4 Å². The molecule has 0 saturated heterocycles. The van der Waals surface area contributed by atoms with Crippen LogP contribution in [0.2, 0.25) is 0 Å². The van der Waals surface area contributed by atoms with Crippen molar-refractivity contribution in [3.8, 4) is 23.0 Å². The van der Waals surface area contributed by atoms with Crippen LogP contribution in [-0.4, -0.2) is 61.3 Å². The molecule has 0 spiro atoms. The molecule has 2 aromatic rings. The van der Waals surface area contributed by atoms with Crippen molar-refractivity contribution in [2.24, 2.45) is 5.41 Å². The minimum atomic E-state index is -1.01. The molecule has 0 atom stereocenters. The van der Waals surface area contributed by atoms with Gasteiger partial charge in [-0.15, -0.1) is 0 Å². The van der Waals surface area contributed by atoms with Gasteiger partial charge in [0, 0.05) is 0 Å². The number of benzene rings is 2. The maximum Gasteiger partial charge on any atom is 0.338 e. The zero-order chi connectivity index (χ0) is 23.0. The lowest BCUT2D eigenvalue weighted by Gasteiger charge is -2.29. The SMILES string of the molecule is CCC(CO)(COC(=O)c1ccc(O)c(OC)c1)COC(=O)c1ccc(O)c(OC)c1. The first kappa shape index (κ1) is 23.8. The van der Waals surface area contributed by atoms with E-state index in [9.17, 15) is 24.9 Å². The van der Waals surface area contributed by atoms with Crippen LogP contribution in [0, 0.1) is 5.41 Å². The Kier molecular flexibility index (Phi) is 8.09. The molecule has 9 nitrogen and oxygen atoms in total. The molecule has 0 amide bonds. The summed E-state index contributed by atoms with van der Waals surface area (Å²) in [5.74, 6) is -1.35. The Morgan fingerprint density at radius 1 is 0.839 bits per heavy atom. The summed E-state index contributed by atoms with van der Waals surface area (Å²) in [4.78, 5) is 24.8. The number of rotatable bonds is 10. The first-order chi connectivity index (χ1) is 14.8. The Morgan fingerprint density at radius 2 is 1.26 bits per heavy atom. The summed E-state index contributed by atoms with van der Waals surface area (Å²) >= 11 is 0. The monoisotopic (exact) mass is 434 g/mol. The molecule has 0 unspecified atom stereocenters. The lowest BCUT2D eigenvalue weighted by Crippen LogP contribution is -2.37. The molecule has 9 heteroatoms. The van der Waals surface area contributed by atoms with Crippen molar-refractivity contribution >= 4 is 11.9 Å². The molecule has 31 heavy (non-hydrogen) atoms. The molecule has 0 aliphatic carbocycles. The van der Waals surface area contributed by atoms with Gasteiger partial charge in [0.25, 0.3) is 0 Å². The second-order valence-electron chi connectivity index (χ2n) is 6.94. The largest absolute Gasteiger partial charge is 0.504 e. The number of carbonyl (C=O) groups excluding carboxylic acids is 2. The van der Waals surface area contributed by atoms with Gasteiger partial charge in [-0.05, 0) is 42.8 Å². The minimum Gasteiger partial charge on any atom is -0.504 e. The summed E-state index contributed by atoms with van der Waals surface area (Å²) in [6, 6.07) is 8.05. The van der Waals surface area contributed by atoms with Gasteiger partial charge in [0.1, 0.15) is 13.2 Å². The highest BCUT2D eigenvalue weighted by atomic mass is 16.5. The number of esters is 2. The third kappa shape index (κ3) is 5.79. The molecular weight excluding hydrogens is 408 g/mol. The number of ether oxygens (including phenoxy) is 4. The molecule has 2 rings (SSSR count). The summed E-state index contributed by atoms with van der Waals surface area (Å²) in [6.45, 7) is 0.981. The Balaban J connectivity index is 2.04. The van der Waals surface area contributed by atoms with E-state index in [0.29, 0.717) is 6.42 Å². The number of hydrogen-bond donors (Lipinski definition) is 3. The summed E-state index contributed by atoms with van der Waals surface area (Å²) in [7, 11) is 2.71. The smallest absolute Gasteiger partial charge is 0.338 e. The molecule has 0 radical (unpaired) electrons. The fourth-order valence-corrected chi connectivity index (χ4v) is 2.66. The van der Waals surface area contributed by atoms with Gasteiger partial charge in [-0.1, -0.05) is 6.92 Å². The summed E-state index contributed by atoms with van der Waals surface area (Å²) < 4.78 is 20.6. The fraction of sp³-hybridized carbons (Fsp3) is 0.364. The fourth-order valence-electron chi connectivity index (χ4n) is 2.66. The van der Waals surface area contributed by atoms with Gasteiger partial charge in [-0.25, -0.2) is 9.59 Å². The van der Waals surface area contributed by atoms with Crippen LogP contribution in [0.15, 0.2) is 36.4 Å². The standard InChI is InChI=1S/C22H26O9/c1-4-22(11-23,12-30-20(26)14-5-7-16(24)18(9-14)28-2)13-31-21(27)15-6-8-17(25)19(10-15)29-3/h5-10,23-25H,4,11-13H2,1-3H3. The molecule has 0 aliphatic rings. The van der Waals surface area contributed by atoms with Crippen LogP contribution in [0.1, 0.15) is 34.1 Å². The quantitative estimate of drug-likeness (QED) is 0.483. The summed E-state index contributed by atoms with van der Waals surface area (Å²) in [6.07, 6.45) is 0.363. The number of hydrogen-bond acceptors (Lipinski definition) is 9. The number of phenols is 2. The molecule has 168 valence electrons. The van der Waals surface area contributed by atoms with Gasteiger partial charge in [0.15, 0.2) is 23.0 Å². The highest BCUT2D eigenvalue weighted by Crippen LogP contribution is 2.29. The first-order valence-corrected chi connectivity index (χ1v) is 9.48. The Labute approximate surface area is 179 Å². The molecule has 0 saturated carbocycles. The number of phenolic OH excluding ortho intramolecular Hbond substituents is 2. The van der Waals surface area contributed by atoms with Crippen LogP contribution in [0.25, 0.3) is 0 Å². The molecule has 0 aromatic heterocycles. The van der Waals surface area contributed by atoms with Gasteiger partial charge < -0.3 is 34.3 Å². The van der Waals surface area contributed by atoms with Crippen molar-refractivity contribution in [3.63, 3.8) is 0 Å². The molecule has 0 bridgehead atoms. The summed E-state index contributed by atoms with van der Waals surface area (Å²) in [5, 5.41) is 29.2. The van der Waals surface area contributed by atoms with E-state index in [4.69, 9.17) is 18.9 Å². The average Bonchev–Trinajstić information content (AvgIpc) is 2.79. The molecule has 0 fully saturated rings. The second-order valence-corrected chi connectivity index (χ2v) is 6.94. The third-order valence-corrected chi connectivity index (χ3v) is 4.94. The van der Waals surface area contributed by atoms with Crippen LogP contribution >= 0.6 is 0 Å². The van der Waals surface area contributed by atoms with Crippen molar-refractivity contribution in [2.75, 3.05) is 34.0 Å². The topological polar surface area (TPSA) is 132 Å². The lowest BCUT2D eigenvalue weighted by molar-refractivity contribution is -0.0295. The number of carbonyl (C=O) groups is 2. The Bertz CT molecular complexity index is 848. The van der Waals surface area contributed by atoms with Gasteiger partial charge in [0.2, 0.25) is 0 Å². The van der Waals surface area contributed by atoms with Crippen LogP contribution < -0.4 is 9.47 Å². The predicted molar refractivity (Wildman–Crippen MR) is 110 cm³/mol. The predicted octanol–water partition coefficient (Wildman–Crippen LogP) is 2.52. The van der Waals surface area contributed by atoms with E-state index in [2.05, 4.69) is 0 Å². The highest BCUT2D eigenvalue weighted by molar-refractivity contribution is 5.91. The van der Waals surface area contributed by atoms with Gasteiger partial charge in [0.05, 0.1) is 37.4 Å². The van der Waals surface area contributed by atoms with Crippen LogP contribution in [-0.2, 0) is 9.47 Å². The van der Waals surface area contributed by atoms with Crippen LogP contribution in [0.5, 0.6) is 23.0 Å². The molecule has 2 aromatic carbocycles. The maximum atomic E-state index is 12.4. The average molecular weight is 434 g/mol. The summed E-state index contributed by atoms with van der Waals surface area (Å²) in [5.41, 5.74) is -0.690. The third-order valence-electron chi connectivity index (χ3n) is 4.94.